The summed E-state index contributed by atoms with van der Waals surface area (Å²) in [5.41, 5.74) is 1.78. The van der Waals surface area contributed by atoms with E-state index in [2.05, 4.69) is 0 Å². The van der Waals surface area contributed by atoms with Crippen molar-refractivity contribution in [3.63, 3.8) is 0 Å². The zero-order valence-corrected chi connectivity index (χ0v) is 15.5. The molecule has 0 bridgehead atoms. The lowest BCUT2D eigenvalue weighted by molar-refractivity contribution is 0.0754. The highest BCUT2D eigenvalue weighted by atomic mass is 19.1. The Balaban J connectivity index is 1.72. The van der Waals surface area contributed by atoms with Crippen molar-refractivity contribution in [2.24, 2.45) is 0 Å². The number of rotatable bonds is 4. The number of ether oxygens (including phenoxy) is 1. The number of halogens is 1. The summed E-state index contributed by atoms with van der Waals surface area (Å²) in [6.45, 7) is 5.40. The molecule has 1 saturated heterocycles. The summed E-state index contributed by atoms with van der Waals surface area (Å²) in [5, 5.41) is 0. The van der Waals surface area contributed by atoms with E-state index in [1.165, 1.54) is 12.1 Å². The largest absolute Gasteiger partial charge is 0.491 e. The first-order valence-corrected chi connectivity index (χ1v) is 9.34. The van der Waals surface area contributed by atoms with Crippen LogP contribution in [0, 0.1) is 5.82 Å². The van der Waals surface area contributed by atoms with Crippen molar-refractivity contribution >= 4 is 5.91 Å². The van der Waals surface area contributed by atoms with Gasteiger partial charge in [0.25, 0.3) is 5.91 Å². The van der Waals surface area contributed by atoms with E-state index < -0.39 is 0 Å². The van der Waals surface area contributed by atoms with Crippen molar-refractivity contribution < 1.29 is 13.9 Å². The summed E-state index contributed by atoms with van der Waals surface area (Å²) < 4.78 is 18.8. The van der Waals surface area contributed by atoms with Gasteiger partial charge in [-0.2, -0.15) is 0 Å². The zero-order valence-electron chi connectivity index (χ0n) is 15.5. The molecular formula is C22H26FNO2. The maximum atomic E-state index is 13.2. The van der Waals surface area contributed by atoms with Crippen molar-refractivity contribution in [3.8, 4) is 5.75 Å². The molecule has 2 aromatic carbocycles. The van der Waals surface area contributed by atoms with Gasteiger partial charge in [0, 0.05) is 24.6 Å². The average Bonchev–Trinajstić information content (AvgIpc) is 2.88. The first-order chi connectivity index (χ1) is 12.5. The summed E-state index contributed by atoms with van der Waals surface area (Å²) in [7, 11) is 0. The molecule has 0 spiro atoms. The minimum Gasteiger partial charge on any atom is -0.491 e. The highest BCUT2D eigenvalue weighted by Crippen LogP contribution is 2.27. The standard InChI is InChI=1S/C22H26FNO2/c1-16(2)26-21-12-8-18(9-13-21)22(25)24-14-4-3-5-19(15-24)17-6-10-20(23)11-7-17/h6-13,16,19H,3-5,14-15H2,1-2H3. The summed E-state index contributed by atoms with van der Waals surface area (Å²) in [6, 6.07) is 14.0. The Morgan fingerprint density at radius 2 is 1.77 bits per heavy atom. The predicted octanol–water partition coefficient (Wildman–Crippen LogP) is 5.02. The predicted molar refractivity (Wildman–Crippen MR) is 101 cm³/mol. The topological polar surface area (TPSA) is 29.5 Å². The van der Waals surface area contributed by atoms with Crippen LogP contribution >= 0.6 is 0 Å². The highest BCUT2D eigenvalue weighted by Gasteiger charge is 2.24. The van der Waals surface area contributed by atoms with Gasteiger partial charge in [0.2, 0.25) is 0 Å². The number of likely N-dealkylation sites (tertiary alicyclic amines) is 1. The lowest BCUT2D eigenvalue weighted by atomic mass is 9.94. The van der Waals surface area contributed by atoms with Crippen LogP contribution in [-0.4, -0.2) is 30.0 Å². The Morgan fingerprint density at radius 1 is 1.08 bits per heavy atom. The van der Waals surface area contributed by atoms with E-state index >= 15 is 0 Å². The average molecular weight is 355 g/mol. The normalized spacial score (nSPS) is 17.8. The molecule has 0 N–H and O–H groups in total. The Morgan fingerprint density at radius 3 is 2.42 bits per heavy atom. The second-order valence-corrected chi connectivity index (χ2v) is 7.19. The van der Waals surface area contributed by atoms with E-state index in [-0.39, 0.29) is 23.7 Å². The number of benzene rings is 2. The van der Waals surface area contributed by atoms with Crippen LogP contribution in [0.4, 0.5) is 4.39 Å². The maximum Gasteiger partial charge on any atom is 0.253 e. The van der Waals surface area contributed by atoms with Crippen molar-refractivity contribution in [1.82, 2.24) is 4.90 Å². The molecular weight excluding hydrogens is 329 g/mol. The number of nitrogens with zero attached hydrogens (tertiary/aromatic N) is 1. The smallest absolute Gasteiger partial charge is 0.253 e. The Kier molecular flexibility index (Phi) is 5.92. The number of carbonyl (C=O) groups excluding carboxylic acids is 1. The minimum atomic E-state index is -0.223. The first-order valence-electron chi connectivity index (χ1n) is 9.34. The van der Waals surface area contributed by atoms with Crippen LogP contribution in [0.2, 0.25) is 0 Å². The van der Waals surface area contributed by atoms with E-state index in [9.17, 15) is 9.18 Å². The van der Waals surface area contributed by atoms with Gasteiger partial charge >= 0.3 is 0 Å². The van der Waals surface area contributed by atoms with Crippen LogP contribution < -0.4 is 4.74 Å². The van der Waals surface area contributed by atoms with Crippen LogP contribution in [0.5, 0.6) is 5.75 Å². The summed E-state index contributed by atoms with van der Waals surface area (Å²) in [4.78, 5) is 14.9. The van der Waals surface area contributed by atoms with Crippen LogP contribution in [0.3, 0.4) is 0 Å². The van der Waals surface area contributed by atoms with Crippen molar-refractivity contribution in [2.75, 3.05) is 13.1 Å². The molecule has 4 heteroatoms. The lowest BCUT2D eigenvalue weighted by Gasteiger charge is -2.25. The lowest BCUT2D eigenvalue weighted by Crippen LogP contribution is -2.34. The van der Waals surface area contributed by atoms with Gasteiger partial charge in [-0.3, -0.25) is 4.79 Å². The van der Waals surface area contributed by atoms with Crippen LogP contribution in [-0.2, 0) is 0 Å². The Bertz CT molecular complexity index is 725. The molecule has 1 aliphatic rings. The van der Waals surface area contributed by atoms with Crippen molar-refractivity contribution in [1.29, 1.82) is 0 Å². The van der Waals surface area contributed by atoms with E-state index in [1.54, 1.807) is 0 Å². The molecule has 138 valence electrons. The molecule has 1 atom stereocenters. The molecule has 1 amide bonds. The van der Waals surface area contributed by atoms with Gasteiger partial charge in [-0.05, 0) is 68.7 Å². The molecule has 1 aliphatic heterocycles. The molecule has 0 radical (unpaired) electrons. The van der Waals surface area contributed by atoms with Crippen LogP contribution in [0.25, 0.3) is 0 Å². The molecule has 3 nitrogen and oxygen atoms in total. The minimum absolute atomic E-state index is 0.0510. The van der Waals surface area contributed by atoms with Crippen molar-refractivity contribution in [3.05, 3.63) is 65.5 Å². The zero-order chi connectivity index (χ0) is 18.5. The summed E-state index contributed by atoms with van der Waals surface area (Å²) in [6.07, 6.45) is 3.21. The second-order valence-electron chi connectivity index (χ2n) is 7.19. The molecule has 3 rings (SSSR count). The Hall–Kier alpha value is -2.36. The van der Waals surface area contributed by atoms with Gasteiger partial charge in [0.1, 0.15) is 11.6 Å². The fourth-order valence-corrected chi connectivity index (χ4v) is 3.46. The van der Waals surface area contributed by atoms with E-state index in [4.69, 9.17) is 4.74 Å². The third-order valence-corrected chi connectivity index (χ3v) is 4.77. The molecule has 0 aliphatic carbocycles. The van der Waals surface area contributed by atoms with Crippen molar-refractivity contribution in [2.45, 2.75) is 45.1 Å². The molecule has 1 fully saturated rings. The quantitative estimate of drug-likeness (QED) is 0.770. The number of hydrogen-bond donors (Lipinski definition) is 0. The third kappa shape index (κ3) is 4.63. The van der Waals surface area contributed by atoms with E-state index in [0.717, 1.165) is 37.1 Å². The maximum absolute atomic E-state index is 13.2. The van der Waals surface area contributed by atoms with Crippen LogP contribution in [0.15, 0.2) is 48.5 Å². The molecule has 1 heterocycles. The summed E-state index contributed by atoms with van der Waals surface area (Å²) >= 11 is 0. The fourth-order valence-electron chi connectivity index (χ4n) is 3.46. The monoisotopic (exact) mass is 355 g/mol. The third-order valence-electron chi connectivity index (χ3n) is 4.77. The molecule has 0 saturated carbocycles. The number of amides is 1. The van der Waals surface area contributed by atoms with Gasteiger partial charge in [-0.25, -0.2) is 4.39 Å². The number of carbonyl (C=O) groups is 1. The van der Waals surface area contributed by atoms with Gasteiger partial charge in [-0.15, -0.1) is 0 Å². The SMILES string of the molecule is CC(C)Oc1ccc(C(=O)N2CCCCC(c3ccc(F)cc3)C2)cc1. The Labute approximate surface area is 154 Å². The fraction of sp³-hybridized carbons (Fsp3) is 0.409. The van der Waals surface area contributed by atoms with Crippen LogP contribution in [0.1, 0.15) is 54.9 Å². The highest BCUT2D eigenvalue weighted by molar-refractivity contribution is 5.94. The van der Waals surface area contributed by atoms with Gasteiger partial charge in [0.05, 0.1) is 6.10 Å². The molecule has 1 unspecified atom stereocenters. The second kappa shape index (κ2) is 8.35. The summed E-state index contributed by atoms with van der Waals surface area (Å²) in [5.74, 6) is 0.858. The van der Waals surface area contributed by atoms with Gasteiger partial charge in [-0.1, -0.05) is 18.6 Å². The van der Waals surface area contributed by atoms with E-state index in [0.29, 0.717) is 12.1 Å². The van der Waals surface area contributed by atoms with Gasteiger partial charge in [0.15, 0.2) is 0 Å². The molecule has 0 aromatic heterocycles. The molecule has 26 heavy (non-hydrogen) atoms. The van der Waals surface area contributed by atoms with E-state index in [1.807, 2.05) is 55.1 Å². The van der Waals surface area contributed by atoms with Gasteiger partial charge < -0.3 is 9.64 Å². The first kappa shape index (κ1) is 18.4. The molecule has 2 aromatic rings. The number of hydrogen-bond acceptors (Lipinski definition) is 2.